The number of aryl methyl sites for hydroxylation is 2. The van der Waals surface area contributed by atoms with E-state index in [0.29, 0.717) is 4.47 Å². The Morgan fingerprint density at radius 3 is 2.84 bits per heavy atom. The molecule has 0 saturated heterocycles. The van der Waals surface area contributed by atoms with Gasteiger partial charge in [0.15, 0.2) is 5.78 Å². The normalized spacial score (nSPS) is 10.7. The summed E-state index contributed by atoms with van der Waals surface area (Å²) in [4.78, 5) is 12.1. The van der Waals surface area contributed by atoms with Crippen molar-refractivity contribution < 1.29 is 9.18 Å². The van der Waals surface area contributed by atoms with E-state index in [1.54, 1.807) is 23.9 Å². The molecule has 0 aliphatic carbocycles. The van der Waals surface area contributed by atoms with Crippen LogP contribution in [0.2, 0.25) is 0 Å². The lowest BCUT2D eigenvalue weighted by Crippen LogP contribution is -2.09. The Balaban J connectivity index is 2.25. The van der Waals surface area contributed by atoms with E-state index in [-0.39, 0.29) is 17.8 Å². The standard InChI is InChI=1S/C14H14BrFN2O/c1-3-9-7-10(18(2)17-9)8-13(19)11-5-4-6-12(15)14(11)16/h4-7H,3,8H2,1-2H3. The van der Waals surface area contributed by atoms with Gasteiger partial charge in [-0.3, -0.25) is 9.48 Å². The van der Waals surface area contributed by atoms with Gasteiger partial charge in [-0.2, -0.15) is 5.10 Å². The molecule has 0 radical (unpaired) electrons. The van der Waals surface area contributed by atoms with E-state index in [9.17, 15) is 9.18 Å². The summed E-state index contributed by atoms with van der Waals surface area (Å²) in [6.45, 7) is 2.00. The Morgan fingerprint density at radius 1 is 1.47 bits per heavy atom. The van der Waals surface area contributed by atoms with Gasteiger partial charge < -0.3 is 0 Å². The average Bonchev–Trinajstić information content (AvgIpc) is 2.73. The third-order valence-electron chi connectivity index (χ3n) is 2.98. The fraction of sp³-hybridized carbons (Fsp3) is 0.286. The zero-order valence-electron chi connectivity index (χ0n) is 10.8. The van der Waals surface area contributed by atoms with Gasteiger partial charge in [0, 0.05) is 12.7 Å². The van der Waals surface area contributed by atoms with E-state index in [0.717, 1.165) is 17.8 Å². The van der Waals surface area contributed by atoms with Crippen molar-refractivity contribution in [3.63, 3.8) is 0 Å². The number of carbonyl (C=O) groups is 1. The highest BCUT2D eigenvalue weighted by Crippen LogP contribution is 2.20. The van der Waals surface area contributed by atoms with Crippen molar-refractivity contribution in [2.24, 2.45) is 7.05 Å². The van der Waals surface area contributed by atoms with Gasteiger partial charge in [-0.25, -0.2) is 4.39 Å². The van der Waals surface area contributed by atoms with Crippen molar-refractivity contribution >= 4 is 21.7 Å². The first kappa shape index (κ1) is 13.9. The lowest BCUT2D eigenvalue weighted by molar-refractivity contribution is 0.0986. The molecule has 1 aromatic carbocycles. The number of hydrogen-bond donors (Lipinski definition) is 0. The number of ketones is 1. The molecule has 0 bridgehead atoms. The number of rotatable bonds is 4. The Hall–Kier alpha value is -1.49. The van der Waals surface area contributed by atoms with Gasteiger partial charge in [0.05, 0.1) is 22.2 Å². The van der Waals surface area contributed by atoms with E-state index >= 15 is 0 Å². The van der Waals surface area contributed by atoms with Gasteiger partial charge in [0.25, 0.3) is 0 Å². The zero-order valence-corrected chi connectivity index (χ0v) is 12.4. The fourth-order valence-electron chi connectivity index (χ4n) is 1.89. The van der Waals surface area contributed by atoms with Crippen molar-refractivity contribution in [3.05, 3.63) is 51.5 Å². The number of nitrogens with zero attached hydrogens (tertiary/aromatic N) is 2. The molecule has 100 valence electrons. The molecule has 0 spiro atoms. The fourth-order valence-corrected chi connectivity index (χ4v) is 2.25. The monoisotopic (exact) mass is 324 g/mol. The summed E-state index contributed by atoms with van der Waals surface area (Å²) in [7, 11) is 1.79. The third kappa shape index (κ3) is 2.92. The van der Waals surface area contributed by atoms with Gasteiger partial charge >= 0.3 is 0 Å². The predicted octanol–water partition coefficient (Wildman–Crippen LogP) is 3.31. The van der Waals surface area contributed by atoms with E-state index in [1.807, 2.05) is 13.0 Å². The predicted molar refractivity (Wildman–Crippen MR) is 74.7 cm³/mol. The maximum Gasteiger partial charge on any atom is 0.171 e. The number of aromatic nitrogens is 2. The summed E-state index contributed by atoms with van der Waals surface area (Å²) in [5, 5.41) is 4.28. The molecule has 0 aliphatic heterocycles. The van der Waals surface area contributed by atoms with Crippen molar-refractivity contribution in [1.82, 2.24) is 9.78 Å². The second-order valence-corrected chi connectivity index (χ2v) is 5.16. The van der Waals surface area contributed by atoms with Crippen LogP contribution < -0.4 is 0 Å². The highest BCUT2D eigenvalue weighted by Gasteiger charge is 2.16. The van der Waals surface area contributed by atoms with Crippen LogP contribution in [-0.2, 0) is 19.9 Å². The van der Waals surface area contributed by atoms with Crippen molar-refractivity contribution in [2.75, 3.05) is 0 Å². The summed E-state index contributed by atoms with van der Waals surface area (Å²) >= 11 is 3.08. The molecule has 0 aliphatic rings. The minimum atomic E-state index is -0.509. The lowest BCUT2D eigenvalue weighted by Gasteiger charge is -2.04. The Labute approximate surface area is 119 Å². The third-order valence-corrected chi connectivity index (χ3v) is 3.60. The summed E-state index contributed by atoms with van der Waals surface area (Å²) in [5.41, 5.74) is 1.83. The summed E-state index contributed by atoms with van der Waals surface area (Å²) in [6.07, 6.45) is 0.962. The Bertz CT molecular complexity index is 622. The van der Waals surface area contributed by atoms with Crippen LogP contribution >= 0.6 is 15.9 Å². The summed E-state index contributed by atoms with van der Waals surface area (Å²) < 4.78 is 15.8. The maximum absolute atomic E-state index is 13.8. The van der Waals surface area contributed by atoms with Crippen LogP contribution in [0.4, 0.5) is 4.39 Å². The largest absolute Gasteiger partial charge is 0.294 e. The molecule has 0 N–H and O–H groups in total. The molecule has 2 rings (SSSR count). The number of carbonyl (C=O) groups excluding carboxylic acids is 1. The maximum atomic E-state index is 13.8. The molecule has 0 unspecified atom stereocenters. The number of halogens is 2. The van der Waals surface area contributed by atoms with E-state index in [2.05, 4.69) is 21.0 Å². The minimum Gasteiger partial charge on any atom is -0.294 e. The van der Waals surface area contributed by atoms with Crippen molar-refractivity contribution in [1.29, 1.82) is 0 Å². The van der Waals surface area contributed by atoms with Crippen molar-refractivity contribution in [2.45, 2.75) is 19.8 Å². The number of Topliss-reactive ketones (excluding diaryl/α,β-unsaturated/α-hetero) is 1. The molecular formula is C14H14BrFN2O. The highest BCUT2D eigenvalue weighted by molar-refractivity contribution is 9.10. The first-order valence-electron chi connectivity index (χ1n) is 6.02. The zero-order chi connectivity index (χ0) is 14.0. The van der Waals surface area contributed by atoms with Crippen LogP contribution in [0.3, 0.4) is 0 Å². The van der Waals surface area contributed by atoms with Gasteiger partial charge in [-0.05, 0) is 40.5 Å². The van der Waals surface area contributed by atoms with Crippen LogP contribution in [-0.4, -0.2) is 15.6 Å². The smallest absolute Gasteiger partial charge is 0.171 e. The number of hydrogen-bond acceptors (Lipinski definition) is 2. The SMILES string of the molecule is CCc1cc(CC(=O)c2cccc(Br)c2F)n(C)n1. The van der Waals surface area contributed by atoms with E-state index < -0.39 is 5.82 Å². The number of benzene rings is 1. The second-order valence-electron chi connectivity index (χ2n) is 4.31. The topological polar surface area (TPSA) is 34.9 Å². The summed E-state index contributed by atoms with van der Waals surface area (Å²) in [6, 6.07) is 6.61. The Morgan fingerprint density at radius 2 is 2.21 bits per heavy atom. The van der Waals surface area contributed by atoms with E-state index in [4.69, 9.17) is 0 Å². The first-order valence-corrected chi connectivity index (χ1v) is 6.81. The van der Waals surface area contributed by atoms with Crippen LogP contribution in [0, 0.1) is 5.82 Å². The quantitative estimate of drug-likeness (QED) is 0.809. The first-order chi connectivity index (χ1) is 9.02. The molecule has 0 fully saturated rings. The minimum absolute atomic E-state index is 0.105. The van der Waals surface area contributed by atoms with Gasteiger partial charge in [0.1, 0.15) is 5.82 Å². The molecule has 0 amide bonds. The van der Waals surface area contributed by atoms with Crippen LogP contribution in [0.5, 0.6) is 0 Å². The summed E-state index contributed by atoms with van der Waals surface area (Å²) in [5.74, 6) is -0.755. The van der Waals surface area contributed by atoms with Gasteiger partial charge in [0.2, 0.25) is 0 Å². The molecule has 0 saturated carbocycles. The van der Waals surface area contributed by atoms with E-state index in [1.165, 1.54) is 6.07 Å². The molecular weight excluding hydrogens is 311 g/mol. The van der Waals surface area contributed by atoms with Crippen molar-refractivity contribution in [3.8, 4) is 0 Å². The average molecular weight is 325 g/mol. The molecule has 0 atom stereocenters. The Kier molecular flexibility index (Phi) is 4.14. The molecule has 2 aromatic rings. The molecule has 5 heteroatoms. The van der Waals surface area contributed by atoms with Crippen LogP contribution in [0.15, 0.2) is 28.7 Å². The second kappa shape index (κ2) is 5.65. The lowest BCUT2D eigenvalue weighted by atomic mass is 10.1. The molecule has 1 aromatic heterocycles. The van der Waals surface area contributed by atoms with Crippen LogP contribution in [0.1, 0.15) is 28.7 Å². The van der Waals surface area contributed by atoms with Gasteiger partial charge in [-0.15, -0.1) is 0 Å². The van der Waals surface area contributed by atoms with Crippen LogP contribution in [0.25, 0.3) is 0 Å². The molecule has 19 heavy (non-hydrogen) atoms. The highest BCUT2D eigenvalue weighted by atomic mass is 79.9. The molecule has 3 nitrogen and oxygen atoms in total. The molecule has 1 heterocycles. The van der Waals surface area contributed by atoms with Gasteiger partial charge in [-0.1, -0.05) is 13.0 Å².